The summed E-state index contributed by atoms with van der Waals surface area (Å²) in [7, 11) is 0. The van der Waals surface area contributed by atoms with Crippen molar-refractivity contribution in [3.8, 4) is 0 Å². The van der Waals surface area contributed by atoms with Gasteiger partial charge in [0, 0.05) is 24.2 Å². The molecule has 0 atom stereocenters. The van der Waals surface area contributed by atoms with Gasteiger partial charge in [-0.1, -0.05) is 30.3 Å². The molecule has 0 aliphatic carbocycles. The lowest BCUT2D eigenvalue weighted by atomic mass is 10.1. The van der Waals surface area contributed by atoms with Crippen molar-refractivity contribution in [2.75, 3.05) is 5.32 Å². The number of thiophene rings is 1. The minimum atomic E-state index is -0.165. The van der Waals surface area contributed by atoms with Crippen LogP contribution in [0.25, 0.3) is 0 Å². The topological polar surface area (TPSA) is 58.2 Å². The van der Waals surface area contributed by atoms with Gasteiger partial charge in [-0.3, -0.25) is 9.59 Å². The van der Waals surface area contributed by atoms with E-state index in [4.69, 9.17) is 0 Å². The Labute approximate surface area is 156 Å². The van der Waals surface area contributed by atoms with E-state index in [1.54, 1.807) is 23.5 Å². The molecule has 0 aliphatic heterocycles. The first-order valence-corrected chi connectivity index (χ1v) is 9.38. The van der Waals surface area contributed by atoms with Crippen molar-refractivity contribution < 1.29 is 9.59 Å². The Hall–Kier alpha value is -2.92. The second-order valence-corrected chi connectivity index (χ2v) is 6.71. The average Bonchev–Trinajstić information content (AvgIpc) is 3.19. The summed E-state index contributed by atoms with van der Waals surface area (Å²) < 4.78 is 0. The van der Waals surface area contributed by atoms with Crippen molar-refractivity contribution in [2.24, 2.45) is 0 Å². The van der Waals surface area contributed by atoms with Gasteiger partial charge < -0.3 is 10.6 Å². The van der Waals surface area contributed by atoms with Gasteiger partial charge in [0.05, 0.1) is 0 Å². The Bertz CT molecular complexity index is 861. The van der Waals surface area contributed by atoms with Crippen LogP contribution in [-0.4, -0.2) is 11.8 Å². The highest BCUT2D eigenvalue weighted by atomic mass is 32.1. The highest BCUT2D eigenvalue weighted by Crippen LogP contribution is 2.11. The van der Waals surface area contributed by atoms with E-state index in [1.165, 1.54) is 5.56 Å². The molecule has 2 amide bonds. The van der Waals surface area contributed by atoms with E-state index in [2.05, 4.69) is 16.0 Å². The highest BCUT2D eigenvalue weighted by molar-refractivity contribution is 7.07. The van der Waals surface area contributed by atoms with Gasteiger partial charge in [-0.25, -0.2) is 0 Å². The van der Waals surface area contributed by atoms with Crippen LogP contribution in [0, 0.1) is 0 Å². The largest absolute Gasteiger partial charge is 0.352 e. The Morgan fingerprint density at radius 1 is 0.923 bits per heavy atom. The standard InChI is InChI=1S/C21H20N2O2S/c24-20(10-9-16-11-12-26-15-16)22-14-17-5-4-6-18(13-17)21(25)23-19-7-2-1-3-8-19/h1-8,11-13,15H,9-10,14H2,(H,22,24)(H,23,25). The van der Waals surface area contributed by atoms with Crippen LogP contribution < -0.4 is 10.6 Å². The summed E-state index contributed by atoms with van der Waals surface area (Å²) in [5.74, 6) is -0.155. The van der Waals surface area contributed by atoms with Crippen LogP contribution in [-0.2, 0) is 17.8 Å². The van der Waals surface area contributed by atoms with Gasteiger partial charge in [0.2, 0.25) is 5.91 Å². The molecular formula is C21H20N2O2S. The molecule has 3 rings (SSSR count). The maximum Gasteiger partial charge on any atom is 0.255 e. The molecular weight excluding hydrogens is 344 g/mol. The molecule has 2 aromatic carbocycles. The lowest BCUT2D eigenvalue weighted by Gasteiger charge is -2.08. The number of carbonyl (C=O) groups excluding carboxylic acids is 2. The first-order valence-electron chi connectivity index (χ1n) is 8.44. The summed E-state index contributed by atoms with van der Waals surface area (Å²) in [4.78, 5) is 24.3. The van der Waals surface area contributed by atoms with E-state index in [-0.39, 0.29) is 11.8 Å². The Morgan fingerprint density at radius 2 is 1.77 bits per heavy atom. The molecule has 1 heterocycles. The van der Waals surface area contributed by atoms with E-state index in [9.17, 15) is 9.59 Å². The molecule has 1 aromatic heterocycles. The monoisotopic (exact) mass is 364 g/mol. The smallest absolute Gasteiger partial charge is 0.255 e. The molecule has 26 heavy (non-hydrogen) atoms. The number of aryl methyl sites for hydroxylation is 1. The van der Waals surface area contributed by atoms with Crippen LogP contribution in [0.15, 0.2) is 71.4 Å². The molecule has 0 spiro atoms. The van der Waals surface area contributed by atoms with Gasteiger partial charge in [-0.2, -0.15) is 11.3 Å². The zero-order chi connectivity index (χ0) is 18.2. The minimum Gasteiger partial charge on any atom is -0.352 e. The Morgan fingerprint density at radius 3 is 2.54 bits per heavy atom. The van der Waals surface area contributed by atoms with Crippen molar-refractivity contribution in [1.29, 1.82) is 0 Å². The zero-order valence-corrected chi connectivity index (χ0v) is 15.1. The van der Waals surface area contributed by atoms with Crippen molar-refractivity contribution in [3.05, 3.63) is 88.1 Å². The normalized spacial score (nSPS) is 10.3. The summed E-state index contributed by atoms with van der Waals surface area (Å²) in [6.45, 7) is 0.412. The molecule has 0 saturated heterocycles. The van der Waals surface area contributed by atoms with Gasteiger partial charge in [0.25, 0.3) is 5.91 Å². The van der Waals surface area contributed by atoms with Gasteiger partial charge >= 0.3 is 0 Å². The van der Waals surface area contributed by atoms with Crippen molar-refractivity contribution in [2.45, 2.75) is 19.4 Å². The van der Waals surface area contributed by atoms with Crippen molar-refractivity contribution >= 4 is 28.8 Å². The number of anilines is 1. The molecule has 3 aromatic rings. The van der Waals surface area contributed by atoms with E-state index < -0.39 is 0 Å². The van der Waals surface area contributed by atoms with Gasteiger partial charge in [-0.15, -0.1) is 0 Å². The number of nitrogens with one attached hydrogen (secondary N) is 2. The van der Waals surface area contributed by atoms with Crippen molar-refractivity contribution in [3.63, 3.8) is 0 Å². The van der Waals surface area contributed by atoms with E-state index in [0.29, 0.717) is 18.5 Å². The molecule has 5 heteroatoms. The van der Waals surface area contributed by atoms with Gasteiger partial charge in [0.1, 0.15) is 0 Å². The maximum atomic E-state index is 12.3. The fourth-order valence-electron chi connectivity index (χ4n) is 2.53. The molecule has 0 fully saturated rings. The quantitative estimate of drug-likeness (QED) is 0.658. The second kappa shape index (κ2) is 8.97. The number of para-hydroxylation sites is 1. The minimum absolute atomic E-state index is 0.00957. The summed E-state index contributed by atoms with van der Waals surface area (Å²) >= 11 is 1.64. The third-order valence-corrected chi connectivity index (χ3v) is 4.66. The first-order chi connectivity index (χ1) is 12.7. The number of benzene rings is 2. The van der Waals surface area contributed by atoms with Crippen LogP contribution in [0.2, 0.25) is 0 Å². The molecule has 0 unspecified atom stereocenters. The molecule has 0 radical (unpaired) electrons. The van der Waals surface area contributed by atoms with Crippen molar-refractivity contribution in [1.82, 2.24) is 5.32 Å². The zero-order valence-electron chi connectivity index (χ0n) is 14.3. The number of hydrogen-bond donors (Lipinski definition) is 2. The maximum absolute atomic E-state index is 12.3. The average molecular weight is 364 g/mol. The van der Waals surface area contributed by atoms with Crippen LogP contribution in [0.5, 0.6) is 0 Å². The molecule has 0 aliphatic rings. The molecule has 4 nitrogen and oxygen atoms in total. The van der Waals surface area contributed by atoms with Gasteiger partial charge in [0.15, 0.2) is 0 Å². The third-order valence-electron chi connectivity index (χ3n) is 3.93. The summed E-state index contributed by atoms with van der Waals surface area (Å²) in [5, 5.41) is 9.84. The SMILES string of the molecule is O=C(CCc1ccsc1)NCc1cccc(C(=O)Nc2ccccc2)c1. The Balaban J connectivity index is 1.52. The predicted octanol–water partition coefficient (Wildman–Crippen LogP) is 4.25. The summed E-state index contributed by atoms with van der Waals surface area (Å²) in [6, 6.07) is 18.7. The fraction of sp³-hybridized carbons (Fsp3) is 0.143. The predicted molar refractivity (Wildman–Crippen MR) is 105 cm³/mol. The third kappa shape index (κ3) is 5.29. The fourth-order valence-corrected chi connectivity index (χ4v) is 3.23. The lowest BCUT2D eigenvalue weighted by Crippen LogP contribution is -2.23. The van der Waals surface area contributed by atoms with E-state index in [1.807, 2.05) is 53.9 Å². The number of carbonyl (C=O) groups is 2. The second-order valence-electron chi connectivity index (χ2n) is 5.93. The molecule has 2 N–H and O–H groups in total. The summed E-state index contributed by atoms with van der Waals surface area (Å²) in [6.07, 6.45) is 1.21. The number of rotatable bonds is 7. The van der Waals surface area contributed by atoms with Crippen LogP contribution in [0.4, 0.5) is 5.69 Å². The molecule has 0 bridgehead atoms. The lowest BCUT2D eigenvalue weighted by molar-refractivity contribution is -0.121. The van der Waals surface area contributed by atoms with Crippen LogP contribution >= 0.6 is 11.3 Å². The highest BCUT2D eigenvalue weighted by Gasteiger charge is 2.08. The van der Waals surface area contributed by atoms with Crippen LogP contribution in [0.3, 0.4) is 0 Å². The molecule has 0 saturated carbocycles. The summed E-state index contributed by atoms with van der Waals surface area (Å²) in [5.41, 5.74) is 3.41. The van der Waals surface area contributed by atoms with E-state index in [0.717, 1.165) is 17.7 Å². The number of hydrogen-bond acceptors (Lipinski definition) is 3. The number of amides is 2. The first kappa shape index (κ1) is 17.9. The van der Waals surface area contributed by atoms with Crippen LogP contribution in [0.1, 0.15) is 27.9 Å². The Kier molecular flexibility index (Phi) is 6.17. The molecule has 132 valence electrons. The van der Waals surface area contributed by atoms with E-state index >= 15 is 0 Å². The van der Waals surface area contributed by atoms with Gasteiger partial charge in [-0.05, 0) is 58.6 Å².